The van der Waals surface area contributed by atoms with E-state index >= 15 is 0 Å². The number of likely N-dealkylation sites (tertiary alicyclic amines) is 1. The molecular weight excluding hydrogens is 200 g/mol. The van der Waals surface area contributed by atoms with Crippen LogP contribution in [0.2, 0.25) is 0 Å². The molecule has 1 saturated heterocycles. The predicted molar refractivity (Wildman–Crippen MR) is 63.9 cm³/mol. The highest BCUT2D eigenvalue weighted by Crippen LogP contribution is 2.21. The maximum atomic E-state index is 5.88. The lowest BCUT2D eigenvalue weighted by Gasteiger charge is -2.28. The topological polar surface area (TPSA) is 55.0 Å². The van der Waals surface area contributed by atoms with Gasteiger partial charge in [-0.1, -0.05) is 12.8 Å². The van der Waals surface area contributed by atoms with E-state index in [1.807, 2.05) is 6.07 Å². The van der Waals surface area contributed by atoms with Gasteiger partial charge in [0.1, 0.15) is 6.33 Å². The Morgan fingerprint density at radius 2 is 2.00 bits per heavy atom. The van der Waals surface area contributed by atoms with Crippen LogP contribution in [0, 0.1) is 0 Å². The van der Waals surface area contributed by atoms with E-state index in [9.17, 15) is 0 Å². The van der Waals surface area contributed by atoms with Crippen molar-refractivity contribution >= 4 is 0 Å². The lowest BCUT2D eigenvalue weighted by Crippen LogP contribution is -2.35. The minimum absolute atomic E-state index is 0.265. The predicted octanol–water partition coefficient (Wildman–Crippen LogP) is 1.35. The van der Waals surface area contributed by atoms with Crippen LogP contribution in [-0.2, 0) is 0 Å². The molecule has 0 aromatic carbocycles. The Kier molecular flexibility index (Phi) is 4.25. The van der Waals surface area contributed by atoms with E-state index in [0.717, 1.165) is 18.8 Å². The minimum atomic E-state index is 0.265. The van der Waals surface area contributed by atoms with Gasteiger partial charge in [0.25, 0.3) is 0 Å². The van der Waals surface area contributed by atoms with E-state index in [1.165, 1.54) is 25.7 Å². The summed E-state index contributed by atoms with van der Waals surface area (Å²) in [6, 6.07) is 2.24. The van der Waals surface area contributed by atoms with Gasteiger partial charge in [0.15, 0.2) is 0 Å². The first-order valence-corrected chi connectivity index (χ1v) is 6.12. The molecule has 0 aliphatic carbocycles. The van der Waals surface area contributed by atoms with Gasteiger partial charge in [-0.2, -0.15) is 0 Å². The van der Waals surface area contributed by atoms with Gasteiger partial charge >= 0.3 is 0 Å². The molecule has 1 aliphatic rings. The van der Waals surface area contributed by atoms with Crippen molar-refractivity contribution in [2.75, 3.05) is 19.6 Å². The van der Waals surface area contributed by atoms with Crippen LogP contribution in [0.3, 0.4) is 0 Å². The molecule has 1 atom stereocenters. The first-order chi connectivity index (χ1) is 7.92. The van der Waals surface area contributed by atoms with E-state index in [-0.39, 0.29) is 6.04 Å². The van der Waals surface area contributed by atoms with E-state index in [0.29, 0.717) is 6.54 Å². The quantitative estimate of drug-likeness (QED) is 0.835. The van der Waals surface area contributed by atoms with Gasteiger partial charge in [-0.15, -0.1) is 0 Å². The summed E-state index contributed by atoms with van der Waals surface area (Å²) in [4.78, 5) is 10.7. The summed E-state index contributed by atoms with van der Waals surface area (Å²) in [5.41, 5.74) is 6.94. The Bertz CT molecular complexity index is 293. The van der Waals surface area contributed by atoms with Gasteiger partial charge in [-0.05, 0) is 32.0 Å². The van der Waals surface area contributed by atoms with E-state index in [2.05, 4.69) is 14.9 Å². The minimum Gasteiger partial charge on any atom is -0.329 e. The van der Waals surface area contributed by atoms with E-state index in [4.69, 9.17) is 5.73 Å². The highest BCUT2D eigenvalue weighted by atomic mass is 15.2. The smallest absolute Gasteiger partial charge is 0.115 e. The second-order valence-corrected chi connectivity index (χ2v) is 4.34. The lowest BCUT2D eigenvalue weighted by molar-refractivity contribution is 0.206. The molecule has 0 spiro atoms. The molecule has 2 rings (SSSR count). The van der Waals surface area contributed by atoms with Crippen LogP contribution < -0.4 is 5.73 Å². The van der Waals surface area contributed by atoms with Crippen LogP contribution in [0.4, 0.5) is 0 Å². The van der Waals surface area contributed by atoms with Crippen LogP contribution >= 0.6 is 0 Å². The van der Waals surface area contributed by atoms with Gasteiger partial charge < -0.3 is 5.73 Å². The molecule has 0 bridgehead atoms. The SMILES string of the molecule is NCC(c1ccncn1)N1CCCCCC1. The number of hydrogen-bond donors (Lipinski definition) is 1. The van der Waals surface area contributed by atoms with Crippen LogP contribution in [-0.4, -0.2) is 34.5 Å². The summed E-state index contributed by atoms with van der Waals surface area (Å²) in [5.74, 6) is 0. The third kappa shape index (κ3) is 2.77. The normalized spacial score (nSPS) is 20.3. The molecule has 4 heteroatoms. The van der Waals surface area contributed by atoms with Crippen LogP contribution in [0.1, 0.15) is 37.4 Å². The zero-order valence-electron chi connectivity index (χ0n) is 9.68. The van der Waals surface area contributed by atoms with Gasteiger partial charge in [-0.3, -0.25) is 4.90 Å². The Morgan fingerprint density at radius 3 is 2.56 bits per heavy atom. The molecule has 0 amide bonds. The number of hydrogen-bond acceptors (Lipinski definition) is 4. The van der Waals surface area contributed by atoms with Crippen molar-refractivity contribution in [3.05, 3.63) is 24.3 Å². The highest BCUT2D eigenvalue weighted by molar-refractivity contribution is 5.05. The van der Waals surface area contributed by atoms with Crippen molar-refractivity contribution in [3.8, 4) is 0 Å². The summed E-state index contributed by atoms with van der Waals surface area (Å²) in [6.07, 6.45) is 8.65. The van der Waals surface area contributed by atoms with Gasteiger partial charge in [0.2, 0.25) is 0 Å². The van der Waals surface area contributed by atoms with Gasteiger partial charge in [-0.25, -0.2) is 9.97 Å². The van der Waals surface area contributed by atoms with Crippen molar-refractivity contribution in [3.63, 3.8) is 0 Å². The third-order valence-corrected chi connectivity index (χ3v) is 3.25. The molecule has 1 unspecified atom stereocenters. The second kappa shape index (κ2) is 5.92. The summed E-state index contributed by atoms with van der Waals surface area (Å²) in [5, 5.41) is 0. The molecule has 0 radical (unpaired) electrons. The average molecular weight is 220 g/mol. The molecule has 2 heterocycles. The second-order valence-electron chi connectivity index (χ2n) is 4.34. The standard InChI is InChI=1S/C12H20N4/c13-9-12(11-5-6-14-10-15-11)16-7-3-1-2-4-8-16/h5-6,10,12H,1-4,7-9,13H2. The maximum Gasteiger partial charge on any atom is 0.115 e. The Hall–Kier alpha value is -1.00. The van der Waals surface area contributed by atoms with Crippen molar-refractivity contribution < 1.29 is 0 Å². The van der Waals surface area contributed by atoms with Crippen LogP contribution in [0.25, 0.3) is 0 Å². The monoisotopic (exact) mass is 220 g/mol. The molecule has 88 valence electrons. The first kappa shape index (κ1) is 11.5. The number of nitrogens with zero attached hydrogens (tertiary/aromatic N) is 3. The molecule has 1 aromatic rings. The molecule has 16 heavy (non-hydrogen) atoms. The maximum absolute atomic E-state index is 5.88. The molecule has 2 N–H and O–H groups in total. The zero-order chi connectivity index (χ0) is 11.2. The Labute approximate surface area is 96.9 Å². The van der Waals surface area contributed by atoms with Gasteiger partial charge in [0, 0.05) is 12.7 Å². The fraction of sp³-hybridized carbons (Fsp3) is 0.667. The number of aromatic nitrogens is 2. The fourth-order valence-corrected chi connectivity index (χ4v) is 2.36. The van der Waals surface area contributed by atoms with E-state index in [1.54, 1.807) is 12.5 Å². The summed E-state index contributed by atoms with van der Waals surface area (Å²) in [6.45, 7) is 2.93. The van der Waals surface area contributed by atoms with Crippen molar-refractivity contribution in [1.29, 1.82) is 0 Å². The number of nitrogens with two attached hydrogens (primary N) is 1. The summed E-state index contributed by atoms with van der Waals surface area (Å²) < 4.78 is 0. The molecule has 4 nitrogen and oxygen atoms in total. The Balaban J connectivity index is 2.09. The van der Waals surface area contributed by atoms with Crippen LogP contribution in [0.15, 0.2) is 18.6 Å². The summed E-state index contributed by atoms with van der Waals surface area (Å²) in [7, 11) is 0. The van der Waals surface area contributed by atoms with Crippen LogP contribution in [0.5, 0.6) is 0 Å². The molecule has 0 saturated carbocycles. The molecule has 1 fully saturated rings. The molecular formula is C12H20N4. The molecule has 1 aromatic heterocycles. The fourth-order valence-electron chi connectivity index (χ4n) is 2.36. The lowest BCUT2D eigenvalue weighted by atomic mass is 10.1. The highest BCUT2D eigenvalue weighted by Gasteiger charge is 2.20. The van der Waals surface area contributed by atoms with Crippen molar-refractivity contribution in [1.82, 2.24) is 14.9 Å². The number of rotatable bonds is 3. The average Bonchev–Trinajstić information content (AvgIpc) is 2.61. The molecule has 1 aliphatic heterocycles. The van der Waals surface area contributed by atoms with Crippen molar-refractivity contribution in [2.45, 2.75) is 31.7 Å². The van der Waals surface area contributed by atoms with Gasteiger partial charge in [0.05, 0.1) is 11.7 Å². The summed E-state index contributed by atoms with van der Waals surface area (Å²) >= 11 is 0. The first-order valence-electron chi connectivity index (χ1n) is 6.12. The van der Waals surface area contributed by atoms with E-state index < -0.39 is 0 Å². The largest absolute Gasteiger partial charge is 0.329 e. The zero-order valence-corrected chi connectivity index (χ0v) is 9.68. The van der Waals surface area contributed by atoms with Crippen molar-refractivity contribution in [2.24, 2.45) is 5.73 Å². The Morgan fingerprint density at radius 1 is 1.25 bits per heavy atom. The third-order valence-electron chi connectivity index (χ3n) is 3.25.